The number of amides is 1. The molecule has 11 nitrogen and oxygen atoms in total. The SMILES string of the molecule is CC#CCOc1ccc(C[C@H](NC(=O)[C@@H](C=CCCCCCCC2(CCCCCCC)OCCO2)[C@@](O)(CCO[Si](C)(C)C(C)(C)C)C(=O)OC(C)(C)C)C(=O)OC(C)(C)C)cc1. The molecule has 0 unspecified atom stereocenters. The Labute approximate surface area is 382 Å². The van der Waals surface area contributed by atoms with Gasteiger partial charge in [-0.2, -0.15) is 0 Å². The molecule has 0 bridgehead atoms. The number of nitrogens with one attached hydrogen (secondary N) is 1. The van der Waals surface area contributed by atoms with Crippen LogP contribution in [-0.2, 0) is 44.2 Å². The van der Waals surface area contributed by atoms with Gasteiger partial charge in [0.25, 0.3) is 0 Å². The highest BCUT2D eigenvalue weighted by molar-refractivity contribution is 6.74. The Hall–Kier alpha value is -3.21. The van der Waals surface area contributed by atoms with E-state index in [1.54, 1.807) is 66.7 Å². The van der Waals surface area contributed by atoms with Crippen LogP contribution in [0.1, 0.15) is 165 Å². The fraction of sp³-hybridized carbons (Fsp3) is 0.745. The molecule has 358 valence electrons. The van der Waals surface area contributed by atoms with E-state index in [9.17, 15) is 19.5 Å². The van der Waals surface area contributed by atoms with Gasteiger partial charge in [0.15, 0.2) is 19.7 Å². The molecular formula is C51H85NO10Si. The van der Waals surface area contributed by atoms with Gasteiger partial charge in [-0.3, -0.25) is 4.79 Å². The maximum Gasteiger partial charge on any atom is 0.339 e. The number of hydrogen-bond donors (Lipinski definition) is 2. The Morgan fingerprint density at radius 1 is 0.857 bits per heavy atom. The van der Waals surface area contributed by atoms with Gasteiger partial charge in [0, 0.05) is 32.3 Å². The number of aliphatic hydroxyl groups is 1. The van der Waals surface area contributed by atoms with E-state index in [2.05, 4.69) is 57.9 Å². The molecule has 63 heavy (non-hydrogen) atoms. The standard InChI is InChI=1S/C51H85NO10Si/c1-14-16-18-22-25-32-50(58-37-38-59-50)33-26-23-20-19-21-24-27-42(51(56,46(55)62-48(6,7)8)34-36-60-63(12,13)49(9,10)11)44(53)52-43(45(54)61-47(3,4)5)39-40-28-30-41(31-29-40)57-35-17-15-2/h24,27-31,42-43,56H,14,16,18-23,25-26,32-39H2,1-13H3,(H,52,53)/t42-,43+,51+/m1/s1. The first-order valence-corrected chi connectivity index (χ1v) is 26.5. The van der Waals surface area contributed by atoms with Crippen molar-refractivity contribution in [2.45, 2.75) is 213 Å². The minimum absolute atomic E-state index is 0.0191. The Morgan fingerprint density at radius 3 is 1.97 bits per heavy atom. The molecule has 0 aliphatic carbocycles. The van der Waals surface area contributed by atoms with E-state index in [0.29, 0.717) is 25.4 Å². The first kappa shape index (κ1) is 55.9. The third-order valence-corrected chi connectivity index (χ3v) is 16.2. The number of carbonyl (C=O) groups excluding carboxylic acids is 3. The predicted octanol–water partition coefficient (Wildman–Crippen LogP) is 10.6. The molecule has 1 heterocycles. The lowest BCUT2D eigenvalue weighted by Crippen LogP contribution is -2.57. The highest BCUT2D eigenvalue weighted by atomic mass is 28.4. The average Bonchev–Trinajstić information content (AvgIpc) is 3.64. The molecule has 1 aromatic rings. The molecule has 1 saturated heterocycles. The Morgan fingerprint density at radius 2 is 1.43 bits per heavy atom. The number of rotatable bonds is 27. The zero-order chi connectivity index (χ0) is 47.4. The Bertz CT molecular complexity index is 1620. The number of carbonyl (C=O) groups is 3. The second-order valence-corrected chi connectivity index (χ2v) is 25.4. The van der Waals surface area contributed by atoms with Gasteiger partial charge in [-0.25, -0.2) is 9.59 Å². The van der Waals surface area contributed by atoms with Crippen LogP contribution in [-0.4, -0.2) is 86.3 Å². The van der Waals surface area contributed by atoms with Gasteiger partial charge in [-0.05, 0) is 110 Å². The van der Waals surface area contributed by atoms with Crippen molar-refractivity contribution in [2.75, 3.05) is 26.4 Å². The van der Waals surface area contributed by atoms with Crippen molar-refractivity contribution >= 4 is 26.2 Å². The van der Waals surface area contributed by atoms with Gasteiger partial charge < -0.3 is 38.5 Å². The molecule has 1 aliphatic rings. The van der Waals surface area contributed by atoms with E-state index < -0.39 is 60.7 Å². The van der Waals surface area contributed by atoms with Gasteiger partial charge in [0.05, 0.1) is 19.1 Å². The van der Waals surface area contributed by atoms with Crippen molar-refractivity contribution in [1.29, 1.82) is 0 Å². The summed E-state index contributed by atoms with van der Waals surface area (Å²) in [7, 11) is -2.32. The summed E-state index contributed by atoms with van der Waals surface area (Å²) in [5.41, 5.74) is -3.40. The molecule has 0 radical (unpaired) electrons. The predicted molar refractivity (Wildman–Crippen MR) is 254 cm³/mol. The van der Waals surface area contributed by atoms with Crippen LogP contribution in [0.5, 0.6) is 5.75 Å². The summed E-state index contributed by atoms with van der Waals surface area (Å²) in [4.78, 5) is 42.7. The average molecular weight is 900 g/mol. The zero-order valence-corrected chi connectivity index (χ0v) is 42.5. The van der Waals surface area contributed by atoms with Gasteiger partial charge in [-0.1, -0.05) is 96.4 Å². The maximum absolute atomic E-state index is 14.7. The smallest absolute Gasteiger partial charge is 0.339 e. The van der Waals surface area contributed by atoms with Gasteiger partial charge in [0.1, 0.15) is 29.6 Å². The molecule has 1 aromatic carbocycles. The maximum atomic E-state index is 14.7. The van der Waals surface area contributed by atoms with Crippen LogP contribution < -0.4 is 10.1 Å². The van der Waals surface area contributed by atoms with Crippen molar-refractivity contribution in [3.05, 3.63) is 42.0 Å². The van der Waals surface area contributed by atoms with Gasteiger partial charge in [-0.15, -0.1) is 5.92 Å². The normalized spacial score (nSPS) is 16.4. The summed E-state index contributed by atoms with van der Waals surface area (Å²) in [5, 5.41) is 15.4. The number of ether oxygens (including phenoxy) is 5. The van der Waals surface area contributed by atoms with E-state index in [1.165, 1.54) is 25.7 Å². The molecule has 0 spiro atoms. The zero-order valence-electron chi connectivity index (χ0n) is 41.5. The summed E-state index contributed by atoms with van der Waals surface area (Å²) >= 11 is 0. The highest BCUT2D eigenvalue weighted by Crippen LogP contribution is 2.38. The number of allylic oxidation sites excluding steroid dienone is 1. The van der Waals surface area contributed by atoms with Crippen LogP contribution in [0.2, 0.25) is 18.1 Å². The van der Waals surface area contributed by atoms with E-state index in [-0.39, 0.29) is 31.1 Å². The molecule has 1 aliphatic heterocycles. The van der Waals surface area contributed by atoms with Crippen molar-refractivity contribution in [3.8, 4) is 17.6 Å². The fourth-order valence-corrected chi connectivity index (χ4v) is 8.07. The van der Waals surface area contributed by atoms with E-state index in [4.69, 9.17) is 28.1 Å². The summed E-state index contributed by atoms with van der Waals surface area (Å²) < 4.78 is 36.0. The Balaban J connectivity index is 2.40. The monoisotopic (exact) mass is 900 g/mol. The van der Waals surface area contributed by atoms with Gasteiger partial charge >= 0.3 is 11.9 Å². The molecular weight excluding hydrogens is 815 g/mol. The lowest BCUT2D eigenvalue weighted by atomic mass is 9.82. The third kappa shape index (κ3) is 20.7. The molecule has 1 amide bonds. The molecule has 2 rings (SSSR count). The van der Waals surface area contributed by atoms with Crippen molar-refractivity contribution in [1.82, 2.24) is 5.32 Å². The number of benzene rings is 1. The lowest BCUT2D eigenvalue weighted by molar-refractivity contribution is -0.185. The van der Waals surface area contributed by atoms with Crippen LogP contribution in [0.4, 0.5) is 0 Å². The molecule has 0 saturated carbocycles. The van der Waals surface area contributed by atoms with E-state index in [0.717, 1.165) is 50.5 Å². The number of esters is 2. The summed E-state index contributed by atoms with van der Waals surface area (Å²) in [6.45, 7) is 26.5. The van der Waals surface area contributed by atoms with Crippen LogP contribution in [0.3, 0.4) is 0 Å². The quantitative estimate of drug-likeness (QED) is 0.0288. The second-order valence-electron chi connectivity index (χ2n) is 20.6. The molecule has 2 N–H and O–H groups in total. The summed E-state index contributed by atoms with van der Waals surface area (Å²) in [6, 6.07) is 6.03. The number of hydrogen-bond acceptors (Lipinski definition) is 10. The topological polar surface area (TPSA) is 139 Å². The molecule has 12 heteroatoms. The van der Waals surface area contributed by atoms with Crippen LogP contribution in [0.25, 0.3) is 0 Å². The molecule has 0 aromatic heterocycles. The largest absolute Gasteiger partial charge is 0.481 e. The lowest BCUT2D eigenvalue weighted by Gasteiger charge is -2.39. The van der Waals surface area contributed by atoms with E-state index in [1.807, 2.05) is 18.2 Å². The van der Waals surface area contributed by atoms with Crippen molar-refractivity contribution in [3.63, 3.8) is 0 Å². The first-order valence-electron chi connectivity index (χ1n) is 23.6. The van der Waals surface area contributed by atoms with Crippen LogP contribution in [0, 0.1) is 17.8 Å². The van der Waals surface area contributed by atoms with Crippen molar-refractivity contribution in [2.24, 2.45) is 5.92 Å². The van der Waals surface area contributed by atoms with Crippen LogP contribution in [0.15, 0.2) is 36.4 Å². The minimum atomic E-state index is -2.33. The molecule has 3 atom stereocenters. The minimum Gasteiger partial charge on any atom is -0.481 e. The molecule has 1 fully saturated rings. The second kappa shape index (κ2) is 26.1. The van der Waals surface area contributed by atoms with E-state index >= 15 is 0 Å². The Kier molecular flexibility index (Phi) is 23.1. The summed E-state index contributed by atoms with van der Waals surface area (Å²) in [6.07, 6.45) is 15.5. The fourth-order valence-electron chi connectivity index (χ4n) is 7.02. The highest BCUT2D eigenvalue weighted by Gasteiger charge is 2.50. The third-order valence-electron chi connectivity index (χ3n) is 11.6. The number of unbranched alkanes of at least 4 members (excludes halogenated alkanes) is 8. The van der Waals surface area contributed by atoms with Crippen LogP contribution >= 0.6 is 0 Å². The van der Waals surface area contributed by atoms with Gasteiger partial charge in [0.2, 0.25) is 5.91 Å². The first-order chi connectivity index (χ1) is 29.4. The summed E-state index contributed by atoms with van der Waals surface area (Å²) in [5.74, 6) is 2.09. The van der Waals surface area contributed by atoms with Crippen molar-refractivity contribution < 1.29 is 47.6 Å².